The maximum atomic E-state index is 12.4. The Morgan fingerprint density at radius 2 is 2.08 bits per heavy atom. The molecule has 3 heterocycles. The third kappa shape index (κ3) is 2.50. The molecule has 1 atom stereocenters. The predicted molar refractivity (Wildman–Crippen MR) is 96.1 cm³/mol. The number of ether oxygens (including phenoxy) is 3. The molecule has 0 saturated carbocycles. The first-order chi connectivity index (χ1) is 12.3. The number of hydrogen-bond acceptors (Lipinski definition) is 5. The van der Waals surface area contributed by atoms with Crippen molar-refractivity contribution < 1.29 is 19.0 Å². The lowest BCUT2D eigenvalue weighted by Gasteiger charge is -2.27. The Balaban J connectivity index is 1.91. The molecule has 0 saturated heterocycles. The van der Waals surface area contributed by atoms with E-state index in [-0.39, 0.29) is 24.0 Å². The number of methoxy groups -OCH3 is 1. The van der Waals surface area contributed by atoms with Crippen molar-refractivity contribution in [3.63, 3.8) is 0 Å². The summed E-state index contributed by atoms with van der Waals surface area (Å²) >= 11 is 0. The van der Waals surface area contributed by atoms with Gasteiger partial charge < -0.3 is 19.5 Å². The molecule has 4 rings (SSSR count). The molecule has 138 valence electrons. The molecule has 1 aromatic carbocycles. The van der Waals surface area contributed by atoms with Gasteiger partial charge in [-0.3, -0.25) is 9.48 Å². The van der Waals surface area contributed by atoms with Crippen LogP contribution in [0.2, 0.25) is 0 Å². The van der Waals surface area contributed by atoms with Crippen LogP contribution in [0.5, 0.6) is 17.2 Å². The van der Waals surface area contributed by atoms with Gasteiger partial charge in [-0.05, 0) is 17.7 Å². The van der Waals surface area contributed by atoms with Gasteiger partial charge in [0.2, 0.25) is 18.4 Å². The zero-order valence-electron chi connectivity index (χ0n) is 15.7. The summed E-state index contributed by atoms with van der Waals surface area (Å²) in [6, 6.07) is 3.87. The molecule has 7 nitrogen and oxygen atoms in total. The van der Waals surface area contributed by atoms with E-state index >= 15 is 0 Å². The van der Waals surface area contributed by atoms with Crippen LogP contribution in [-0.4, -0.2) is 29.6 Å². The fourth-order valence-corrected chi connectivity index (χ4v) is 3.68. The van der Waals surface area contributed by atoms with Crippen molar-refractivity contribution in [2.45, 2.75) is 38.5 Å². The first-order valence-electron chi connectivity index (χ1n) is 8.64. The van der Waals surface area contributed by atoms with Gasteiger partial charge in [0.1, 0.15) is 5.82 Å². The minimum Gasteiger partial charge on any atom is -0.493 e. The maximum absolute atomic E-state index is 12.4. The number of anilines is 1. The monoisotopic (exact) mass is 357 g/mol. The molecule has 0 unspecified atom stereocenters. The van der Waals surface area contributed by atoms with E-state index in [9.17, 15) is 4.79 Å². The third-order valence-electron chi connectivity index (χ3n) is 4.87. The Morgan fingerprint density at radius 3 is 2.77 bits per heavy atom. The number of fused-ring (bicyclic) bond motifs is 2. The second-order valence-electron chi connectivity index (χ2n) is 7.75. The summed E-state index contributed by atoms with van der Waals surface area (Å²) in [7, 11) is 3.46. The van der Waals surface area contributed by atoms with Gasteiger partial charge >= 0.3 is 0 Å². The molecule has 26 heavy (non-hydrogen) atoms. The quantitative estimate of drug-likeness (QED) is 0.894. The fourth-order valence-electron chi connectivity index (χ4n) is 3.68. The van der Waals surface area contributed by atoms with E-state index in [0.717, 1.165) is 22.6 Å². The summed E-state index contributed by atoms with van der Waals surface area (Å²) < 4.78 is 18.3. The summed E-state index contributed by atoms with van der Waals surface area (Å²) in [6.07, 6.45) is 0.352. The third-order valence-corrected chi connectivity index (χ3v) is 4.87. The van der Waals surface area contributed by atoms with Crippen molar-refractivity contribution >= 4 is 11.7 Å². The van der Waals surface area contributed by atoms with Crippen LogP contribution in [0.1, 0.15) is 49.9 Å². The van der Waals surface area contributed by atoms with Crippen LogP contribution >= 0.6 is 0 Å². The molecular formula is C19H23N3O4. The summed E-state index contributed by atoms with van der Waals surface area (Å²) in [4.78, 5) is 12.4. The van der Waals surface area contributed by atoms with E-state index in [4.69, 9.17) is 19.3 Å². The SMILES string of the molecule is COc1cc([C@@H]2CC(=O)Nc3c2c(C(C)(C)C)nn3C)cc2c1OCO2. The second-order valence-corrected chi connectivity index (χ2v) is 7.75. The van der Waals surface area contributed by atoms with Crippen LogP contribution in [0, 0.1) is 0 Å². The Morgan fingerprint density at radius 1 is 1.31 bits per heavy atom. The zero-order valence-corrected chi connectivity index (χ0v) is 15.7. The fraction of sp³-hybridized carbons (Fsp3) is 0.474. The van der Waals surface area contributed by atoms with Crippen LogP contribution in [0.3, 0.4) is 0 Å². The molecule has 2 aromatic rings. The van der Waals surface area contributed by atoms with Crippen molar-refractivity contribution in [1.82, 2.24) is 9.78 Å². The molecule has 2 aliphatic rings. The van der Waals surface area contributed by atoms with Gasteiger partial charge in [-0.25, -0.2) is 0 Å². The lowest BCUT2D eigenvalue weighted by molar-refractivity contribution is -0.116. The average molecular weight is 357 g/mol. The molecule has 1 amide bonds. The number of hydrogen-bond donors (Lipinski definition) is 1. The Labute approximate surface area is 152 Å². The van der Waals surface area contributed by atoms with Crippen molar-refractivity contribution in [2.24, 2.45) is 7.05 Å². The van der Waals surface area contributed by atoms with Gasteiger partial charge in [0, 0.05) is 30.4 Å². The number of nitrogens with zero attached hydrogens (tertiary/aromatic N) is 2. The molecule has 2 aliphatic heterocycles. The second kappa shape index (κ2) is 5.65. The Kier molecular flexibility index (Phi) is 3.64. The zero-order chi connectivity index (χ0) is 18.6. The number of benzene rings is 1. The summed E-state index contributed by atoms with van der Waals surface area (Å²) in [5.74, 6) is 2.48. The van der Waals surface area contributed by atoms with Gasteiger partial charge in [0.25, 0.3) is 0 Å². The molecule has 0 radical (unpaired) electrons. The number of nitrogens with one attached hydrogen (secondary N) is 1. The number of aryl methyl sites for hydroxylation is 1. The summed E-state index contributed by atoms with van der Waals surface area (Å²) in [5.41, 5.74) is 2.85. The molecule has 1 N–H and O–H groups in total. The smallest absolute Gasteiger partial charge is 0.231 e. The van der Waals surface area contributed by atoms with Crippen LogP contribution in [0.25, 0.3) is 0 Å². The van der Waals surface area contributed by atoms with Gasteiger partial charge in [0.05, 0.1) is 12.8 Å². The van der Waals surface area contributed by atoms with Gasteiger partial charge in [-0.1, -0.05) is 20.8 Å². The lowest BCUT2D eigenvalue weighted by Crippen LogP contribution is -2.26. The van der Waals surface area contributed by atoms with E-state index in [1.165, 1.54) is 0 Å². The molecule has 0 bridgehead atoms. The molecule has 0 spiro atoms. The number of aromatic nitrogens is 2. The number of carbonyl (C=O) groups is 1. The van der Waals surface area contributed by atoms with Crippen molar-refractivity contribution in [2.75, 3.05) is 19.2 Å². The van der Waals surface area contributed by atoms with Crippen molar-refractivity contribution in [3.8, 4) is 17.2 Å². The van der Waals surface area contributed by atoms with E-state index in [1.807, 2.05) is 19.2 Å². The van der Waals surface area contributed by atoms with Crippen molar-refractivity contribution in [3.05, 3.63) is 29.0 Å². The highest BCUT2D eigenvalue weighted by Crippen LogP contribution is 2.48. The Hall–Kier alpha value is -2.70. The number of rotatable bonds is 2. The normalized spacial score (nSPS) is 18.5. The van der Waals surface area contributed by atoms with Crippen LogP contribution in [-0.2, 0) is 17.3 Å². The first kappa shape index (κ1) is 16.8. The number of carbonyl (C=O) groups excluding carboxylic acids is 1. The van der Waals surface area contributed by atoms with E-state index in [0.29, 0.717) is 23.7 Å². The number of amides is 1. The average Bonchev–Trinajstić information content (AvgIpc) is 3.17. The molecule has 7 heteroatoms. The van der Waals surface area contributed by atoms with Crippen LogP contribution in [0.15, 0.2) is 12.1 Å². The molecular weight excluding hydrogens is 334 g/mol. The Bertz CT molecular complexity index is 895. The summed E-state index contributed by atoms with van der Waals surface area (Å²) in [6.45, 7) is 6.56. The van der Waals surface area contributed by atoms with E-state index < -0.39 is 0 Å². The summed E-state index contributed by atoms with van der Waals surface area (Å²) in [5, 5.41) is 7.68. The lowest BCUT2D eigenvalue weighted by atomic mass is 9.79. The van der Waals surface area contributed by atoms with Crippen LogP contribution < -0.4 is 19.5 Å². The highest BCUT2D eigenvalue weighted by molar-refractivity contribution is 5.94. The first-order valence-corrected chi connectivity index (χ1v) is 8.64. The van der Waals surface area contributed by atoms with Gasteiger partial charge in [-0.15, -0.1) is 0 Å². The molecule has 0 aliphatic carbocycles. The van der Waals surface area contributed by atoms with E-state index in [2.05, 4.69) is 26.1 Å². The highest BCUT2D eigenvalue weighted by atomic mass is 16.7. The van der Waals surface area contributed by atoms with Gasteiger partial charge in [-0.2, -0.15) is 5.10 Å². The van der Waals surface area contributed by atoms with E-state index in [1.54, 1.807) is 11.8 Å². The van der Waals surface area contributed by atoms with Crippen LogP contribution in [0.4, 0.5) is 5.82 Å². The standard InChI is InChI=1S/C19H23N3O4/c1-19(2,3)17-15-11(8-14(23)20-18(15)22(4)21-17)10-6-12(24-5)16-13(7-10)25-9-26-16/h6-7,11H,8-9H2,1-5H3,(H,20,23)/t11-/m0/s1. The molecule has 0 fully saturated rings. The van der Waals surface area contributed by atoms with Gasteiger partial charge in [0.15, 0.2) is 11.5 Å². The predicted octanol–water partition coefficient (Wildman–Crippen LogP) is 2.93. The highest BCUT2D eigenvalue weighted by Gasteiger charge is 2.37. The maximum Gasteiger partial charge on any atom is 0.231 e. The topological polar surface area (TPSA) is 74.6 Å². The molecule has 1 aromatic heterocycles. The minimum atomic E-state index is -0.147. The van der Waals surface area contributed by atoms with Crippen molar-refractivity contribution in [1.29, 1.82) is 0 Å². The minimum absolute atomic E-state index is 0.0254. The largest absolute Gasteiger partial charge is 0.493 e.